The van der Waals surface area contributed by atoms with Gasteiger partial charge in [0.05, 0.1) is 8.07 Å². The first kappa shape index (κ1) is 19.6. The van der Waals surface area contributed by atoms with Crippen molar-refractivity contribution in [1.29, 1.82) is 0 Å². The molecule has 23 heavy (non-hydrogen) atoms. The number of hydrogen-bond acceptors (Lipinski definition) is 0. The summed E-state index contributed by atoms with van der Waals surface area (Å²) in [4.78, 5) is 0. The lowest BCUT2D eigenvalue weighted by Gasteiger charge is -2.41. The molecule has 0 nitrogen and oxygen atoms in total. The lowest BCUT2D eigenvalue weighted by Crippen LogP contribution is -2.42. The summed E-state index contributed by atoms with van der Waals surface area (Å²) < 4.78 is 0. The first-order valence-corrected chi connectivity index (χ1v) is 14.3. The first-order valence-electron chi connectivity index (χ1n) is 10.3. The maximum absolute atomic E-state index is 5.96. The van der Waals surface area contributed by atoms with Crippen molar-refractivity contribution in [3.63, 3.8) is 0 Å². The average molecular weight is 353 g/mol. The first-order chi connectivity index (χ1) is 11.0. The van der Waals surface area contributed by atoms with Crippen molar-refractivity contribution in [2.75, 3.05) is 5.88 Å². The van der Waals surface area contributed by atoms with Gasteiger partial charge in [0.25, 0.3) is 0 Å². The minimum absolute atomic E-state index is 0.813. The van der Waals surface area contributed by atoms with Crippen molar-refractivity contribution in [3.8, 4) is 0 Å². The zero-order valence-corrected chi connectivity index (χ0v) is 17.6. The Balaban J connectivity index is 2.24. The third-order valence-electron chi connectivity index (χ3n) is 6.24. The van der Waals surface area contributed by atoms with E-state index in [0.29, 0.717) is 0 Å². The summed E-state index contributed by atoms with van der Waals surface area (Å²) in [5, 5.41) is 1.92. The molecule has 2 aliphatic carbocycles. The topological polar surface area (TPSA) is 0 Å². The van der Waals surface area contributed by atoms with Crippen LogP contribution in [0, 0.1) is 0 Å². The summed E-state index contributed by atoms with van der Waals surface area (Å²) >= 11 is 5.96. The molecule has 2 aliphatic rings. The van der Waals surface area contributed by atoms with E-state index >= 15 is 0 Å². The molecule has 132 valence electrons. The quantitative estimate of drug-likeness (QED) is 0.252. The summed E-state index contributed by atoms with van der Waals surface area (Å²) in [6.45, 7) is 8.66. The molecule has 0 aromatic rings. The maximum Gasteiger partial charge on any atom is 0.171 e. The molecule has 2 saturated carbocycles. The van der Waals surface area contributed by atoms with Crippen LogP contribution in [-0.4, -0.2) is 20.7 Å². The zero-order valence-electron chi connectivity index (χ0n) is 15.9. The van der Waals surface area contributed by atoms with Gasteiger partial charge in [0, 0.05) is 5.88 Å². The second-order valence-corrected chi connectivity index (χ2v) is 14.5. The number of alkyl halides is 1. The molecule has 0 unspecified atom stereocenters. The smallest absolute Gasteiger partial charge is 0.127 e. The van der Waals surface area contributed by atoms with E-state index in [1.807, 2.05) is 5.10 Å². The van der Waals surface area contributed by atoms with Crippen LogP contribution in [0.2, 0.25) is 31.3 Å². The molecule has 2 rings (SSSR count). The van der Waals surface area contributed by atoms with Gasteiger partial charge in [0.1, 0.15) is 0 Å². The number of rotatable bonds is 7. The molecule has 0 N–H and O–H groups in total. The van der Waals surface area contributed by atoms with Gasteiger partial charge >= 0.3 is 0 Å². The molecule has 0 atom stereocenters. The van der Waals surface area contributed by atoms with Gasteiger partial charge in [-0.1, -0.05) is 102 Å². The zero-order chi connectivity index (χ0) is 16.7. The Hall–Kier alpha value is 0.312. The molecule has 0 aromatic heterocycles. The van der Waals surface area contributed by atoms with Gasteiger partial charge in [-0.2, -0.15) is 0 Å². The molecule has 0 aliphatic heterocycles. The van der Waals surface area contributed by atoms with Gasteiger partial charge in [-0.15, -0.1) is 16.7 Å². The molecule has 0 aromatic carbocycles. The van der Waals surface area contributed by atoms with Gasteiger partial charge in [-0.25, -0.2) is 0 Å². The van der Waals surface area contributed by atoms with Gasteiger partial charge in [0.2, 0.25) is 0 Å². The van der Waals surface area contributed by atoms with E-state index in [-0.39, 0.29) is 0 Å². The van der Waals surface area contributed by atoms with Crippen molar-refractivity contribution in [1.82, 2.24) is 0 Å². The molecule has 0 heterocycles. The Morgan fingerprint density at radius 3 is 1.78 bits per heavy atom. The van der Waals surface area contributed by atoms with Crippen molar-refractivity contribution >= 4 is 26.4 Å². The largest absolute Gasteiger partial charge is 0.171 e. The van der Waals surface area contributed by atoms with Crippen LogP contribution in [0.25, 0.3) is 0 Å². The molecule has 0 radical (unpaired) electrons. The molecular weight excluding hydrogens is 315 g/mol. The van der Waals surface area contributed by atoms with Crippen LogP contribution >= 0.6 is 11.6 Å². The molecule has 0 saturated heterocycles. The van der Waals surface area contributed by atoms with Crippen LogP contribution in [0.15, 0.2) is 11.2 Å². The van der Waals surface area contributed by atoms with E-state index in [4.69, 9.17) is 11.6 Å². The average Bonchev–Trinajstić information content (AvgIpc) is 2.55. The fourth-order valence-electron chi connectivity index (χ4n) is 5.16. The third-order valence-corrected chi connectivity index (χ3v) is 8.78. The predicted molar refractivity (Wildman–Crippen MR) is 111 cm³/mol. The van der Waals surface area contributed by atoms with E-state index in [1.165, 1.54) is 70.6 Å². The van der Waals surface area contributed by atoms with Crippen molar-refractivity contribution in [3.05, 3.63) is 11.2 Å². The maximum atomic E-state index is 5.96. The minimum atomic E-state index is -1.25. The number of allylic oxidation sites excluding steroid dienone is 1. The summed E-state index contributed by atoms with van der Waals surface area (Å²) in [7, 11) is -1.25. The van der Waals surface area contributed by atoms with Crippen molar-refractivity contribution in [2.24, 2.45) is 0 Å². The molecule has 0 bridgehead atoms. The van der Waals surface area contributed by atoms with Crippen LogP contribution in [-0.2, 0) is 0 Å². The highest BCUT2D eigenvalue weighted by molar-refractivity contribution is 6.99. The lowest BCUT2D eigenvalue weighted by molar-refractivity contribution is 0.464. The predicted octanol–water partition coefficient (Wildman–Crippen LogP) is 7.51. The Kier molecular flexibility index (Phi) is 8.29. The monoisotopic (exact) mass is 352 g/mol. The van der Waals surface area contributed by atoms with E-state index in [9.17, 15) is 0 Å². The Bertz CT molecular complexity index is 344. The van der Waals surface area contributed by atoms with Gasteiger partial charge in [-0.05, 0) is 12.8 Å². The van der Waals surface area contributed by atoms with E-state index < -0.39 is 8.07 Å². The molecular formula is C20H38BClSi. The third kappa shape index (κ3) is 5.96. The molecule has 0 spiro atoms. The Morgan fingerprint density at radius 1 is 0.913 bits per heavy atom. The second-order valence-electron chi connectivity index (χ2n) is 9.06. The highest BCUT2D eigenvalue weighted by Gasteiger charge is 2.40. The van der Waals surface area contributed by atoms with E-state index in [0.717, 1.165) is 30.6 Å². The minimum Gasteiger partial charge on any atom is -0.127 e. The van der Waals surface area contributed by atoms with Crippen LogP contribution in [0.5, 0.6) is 0 Å². The second kappa shape index (κ2) is 9.71. The van der Waals surface area contributed by atoms with Crippen molar-refractivity contribution in [2.45, 2.75) is 108 Å². The SMILES string of the molecule is C[Si](C)(C)/C(=C\CCCCl)B(C1CCCCC1)C1CCCCC1. The molecule has 3 heteroatoms. The Morgan fingerprint density at radius 2 is 1.39 bits per heavy atom. The summed E-state index contributed by atoms with van der Waals surface area (Å²) in [5.74, 6) is 2.79. The van der Waals surface area contributed by atoms with Crippen LogP contribution in [0.4, 0.5) is 0 Å². The van der Waals surface area contributed by atoms with Crippen molar-refractivity contribution < 1.29 is 0 Å². The summed E-state index contributed by atoms with van der Waals surface area (Å²) in [6, 6.07) is 0. The van der Waals surface area contributed by atoms with Gasteiger partial charge in [0.15, 0.2) is 6.71 Å². The van der Waals surface area contributed by atoms with Crippen LogP contribution < -0.4 is 0 Å². The Labute approximate surface area is 151 Å². The van der Waals surface area contributed by atoms with E-state index in [1.54, 1.807) is 0 Å². The highest BCUT2D eigenvalue weighted by atomic mass is 35.5. The highest BCUT2D eigenvalue weighted by Crippen LogP contribution is 2.45. The number of unbranched alkanes of at least 4 members (excludes halogenated alkanes) is 1. The van der Waals surface area contributed by atoms with Crippen LogP contribution in [0.1, 0.15) is 77.0 Å². The van der Waals surface area contributed by atoms with Gasteiger partial charge < -0.3 is 0 Å². The normalized spacial score (nSPS) is 22.3. The van der Waals surface area contributed by atoms with Gasteiger partial charge in [-0.3, -0.25) is 0 Å². The van der Waals surface area contributed by atoms with E-state index in [2.05, 4.69) is 25.7 Å². The summed E-state index contributed by atoms with van der Waals surface area (Å²) in [5.41, 5.74) is 0. The summed E-state index contributed by atoms with van der Waals surface area (Å²) in [6.07, 6.45) is 19.9. The van der Waals surface area contributed by atoms with Crippen LogP contribution in [0.3, 0.4) is 0 Å². The number of halogens is 1. The molecule has 0 amide bonds. The molecule has 2 fully saturated rings. The fraction of sp³-hybridized carbons (Fsp3) is 0.900. The number of hydrogen-bond donors (Lipinski definition) is 0. The lowest BCUT2D eigenvalue weighted by atomic mass is 9.30. The standard InChI is InChI=1S/C20H38BClSi/c1-23(2,3)20(16-10-11-17-22)21(18-12-6-4-7-13-18)19-14-8-5-9-15-19/h16,18-19H,4-15,17H2,1-3H3/b20-16-. The fourth-order valence-corrected chi connectivity index (χ4v) is 7.54.